The number of carbonyl (C=O) groups excluding carboxylic acids is 1. The molecule has 3 rings (SSSR count). The van der Waals surface area contributed by atoms with Crippen LogP contribution in [0.15, 0.2) is 12.3 Å². The predicted molar refractivity (Wildman–Crippen MR) is 94.0 cm³/mol. The normalized spacial score (nSPS) is 21.5. The molecule has 1 fully saturated rings. The average molecular weight is 345 g/mol. The Morgan fingerprint density at radius 1 is 1.28 bits per heavy atom. The molecule has 2 aromatic heterocycles. The highest BCUT2D eigenvalue weighted by Crippen LogP contribution is 2.39. The molecular formula is C19H27N3O3. The first-order chi connectivity index (χ1) is 11.8. The highest BCUT2D eigenvalue weighted by molar-refractivity contribution is 5.76. The minimum absolute atomic E-state index is 0.152. The van der Waals surface area contributed by atoms with Crippen LogP contribution in [0.4, 0.5) is 0 Å². The fourth-order valence-electron chi connectivity index (χ4n) is 3.68. The number of imidazole rings is 1. The molecule has 6 nitrogen and oxygen atoms in total. The maximum Gasteiger partial charge on any atom is 0.312 e. The third kappa shape index (κ3) is 3.68. The molecule has 136 valence electrons. The molecular weight excluding hydrogens is 318 g/mol. The van der Waals surface area contributed by atoms with Crippen LogP contribution in [0.5, 0.6) is 0 Å². The largest absolute Gasteiger partial charge is 0.459 e. The van der Waals surface area contributed by atoms with Crippen molar-refractivity contribution in [3.05, 3.63) is 29.3 Å². The minimum atomic E-state index is -0.552. The zero-order valence-corrected chi connectivity index (χ0v) is 15.5. The van der Waals surface area contributed by atoms with Crippen LogP contribution in [0.1, 0.15) is 56.6 Å². The van der Waals surface area contributed by atoms with Crippen molar-refractivity contribution in [2.45, 2.75) is 66.1 Å². The van der Waals surface area contributed by atoms with Crippen LogP contribution in [0.25, 0.3) is 5.78 Å². The molecule has 0 aliphatic heterocycles. The molecule has 0 radical (unpaired) electrons. The van der Waals surface area contributed by atoms with Crippen LogP contribution in [-0.2, 0) is 16.1 Å². The quantitative estimate of drug-likeness (QED) is 0.862. The van der Waals surface area contributed by atoms with Gasteiger partial charge in [-0.2, -0.15) is 0 Å². The molecule has 1 aliphatic carbocycles. The molecule has 1 N–H and O–H groups in total. The van der Waals surface area contributed by atoms with Crippen molar-refractivity contribution >= 4 is 11.7 Å². The number of esters is 1. The number of nitrogens with zero attached hydrogens (tertiary/aromatic N) is 3. The van der Waals surface area contributed by atoms with Gasteiger partial charge in [0.1, 0.15) is 6.61 Å². The molecule has 0 saturated heterocycles. The molecule has 6 heteroatoms. The summed E-state index contributed by atoms with van der Waals surface area (Å²) in [6.07, 6.45) is 4.89. The summed E-state index contributed by atoms with van der Waals surface area (Å²) in [6, 6.07) is 1.99. The number of hydrogen-bond donors (Lipinski definition) is 1. The van der Waals surface area contributed by atoms with E-state index in [0.29, 0.717) is 11.5 Å². The lowest BCUT2D eigenvalue weighted by molar-refractivity contribution is -0.160. The van der Waals surface area contributed by atoms with Gasteiger partial charge in [-0.05, 0) is 65.4 Å². The van der Waals surface area contributed by atoms with Crippen LogP contribution in [-0.4, -0.2) is 31.5 Å². The van der Waals surface area contributed by atoms with Crippen molar-refractivity contribution in [3.8, 4) is 0 Å². The third-order valence-corrected chi connectivity index (χ3v) is 5.41. The lowest BCUT2D eigenvalue weighted by Gasteiger charge is -2.36. The molecule has 2 heterocycles. The summed E-state index contributed by atoms with van der Waals surface area (Å²) in [5.74, 6) is 0.673. The monoisotopic (exact) mass is 345 g/mol. The van der Waals surface area contributed by atoms with Gasteiger partial charge in [0.05, 0.1) is 17.2 Å². The average Bonchev–Trinajstić information content (AvgIpc) is 2.96. The maximum absolute atomic E-state index is 12.6. The van der Waals surface area contributed by atoms with Gasteiger partial charge in [0.2, 0.25) is 5.78 Å². The topological polar surface area (TPSA) is 76.7 Å². The zero-order valence-electron chi connectivity index (χ0n) is 15.5. The summed E-state index contributed by atoms with van der Waals surface area (Å²) < 4.78 is 7.47. The van der Waals surface area contributed by atoms with E-state index in [2.05, 4.69) is 9.97 Å². The number of ether oxygens (including phenoxy) is 1. The molecule has 25 heavy (non-hydrogen) atoms. The lowest BCUT2D eigenvalue weighted by atomic mass is 9.70. The van der Waals surface area contributed by atoms with Crippen molar-refractivity contribution in [2.75, 3.05) is 0 Å². The lowest BCUT2D eigenvalue weighted by Crippen LogP contribution is -2.37. The molecule has 0 unspecified atom stereocenters. The van der Waals surface area contributed by atoms with Crippen LogP contribution >= 0.6 is 0 Å². The first-order valence-corrected chi connectivity index (χ1v) is 8.95. The predicted octanol–water partition coefficient (Wildman–Crippen LogP) is 2.97. The Morgan fingerprint density at radius 3 is 2.64 bits per heavy atom. The Kier molecular flexibility index (Phi) is 4.82. The van der Waals surface area contributed by atoms with Crippen LogP contribution in [0.3, 0.4) is 0 Å². The first kappa shape index (κ1) is 17.9. The second kappa shape index (κ2) is 6.75. The van der Waals surface area contributed by atoms with Gasteiger partial charge in [-0.25, -0.2) is 9.97 Å². The number of rotatable bonds is 4. The molecule has 0 spiro atoms. The van der Waals surface area contributed by atoms with Crippen molar-refractivity contribution in [1.29, 1.82) is 0 Å². The van der Waals surface area contributed by atoms with Gasteiger partial charge in [-0.1, -0.05) is 0 Å². The summed E-state index contributed by atoms with van der Waals surface area (Å²) in [4.78, 5) is 21.5. The van der Waals surface area contributed by atoms with E-state index in [4.69, 9.17) is 4.74 Å². The number of aryl methyl sites for hydroxylation is 2. The summed E-state index contributed by atoms with van der Waals surface area (Å²) in [6.45, 7) is 7.97. The summed E-state index contributed by atoms with van der Waals surface area (Å²) in [7, 11) is 0. The summed E-state index contributed by atoms with van der Waals surface area (Å²) >= 11 is 0. The molecule has 1 aliphatic rings. The van der Waals surface area contributed by atoms with Gasteiger partial charge in [0.15, 0.2) is 0 Å². The van der Waals surface area contributed by atoms with Gasteiger partial charge < -0.3 is 9.84 Å². The molecule has 0 atom stereocenters. The van der Waals surface area contributed by atoms with Crippen molar-refractivity contribution in [2.24, 2.45) is 11.3 Å². The Bertz CT molecular complexity index is 774. The zero-order chi connectivity index (χ0) is 18.2. The van der Waals surface area contributed by atoms with Gasteiger partial charge in [0, 0.05) is 17.6 Å². The highest BCUT2D eigenvalue weighted by Gasteiger charge is 2.39. The summed E-state index contributed by atoms with van der Waals surface area (Å²) in [5, 5.41) is 9.66. The fourth-order valence-corrected chi connectivity index (χ4v) is 3.68. The van der Waals surface area contributed by atoms with Crippen molar-refractivity contribution in [1.82, 2.24) is 14.4 Å². The molecule has 1 saturated carbocycles. The number of carbonyl (C=O) groups is 1. The van der Waals surface area contributed by atoms with Crippen molar-refractivity contribution in [3.63, 3.8) is 0 Å². The van der Waals surface area contributed by atoms with E-state index >= 15 is 0 Å². The first-order valence-electron chi connectivity index (χ1n) is 8.95. The Hall–Kier alpha value is -1.95. The number of aliphatic hydroxyl groups is 1. The van der Waals surface area contributed by atoms with Gasteiger partial charge in [-0.15, -0.1) is 0 Å². The molecule has 0 bridgehead atoms. The van der Waals surface area contributed by atoms with E-state index in [1.54, 1.807) is 0 Å². The molecule has 2 aromatic rings. The number of hydrogen-bond acceptors (Lipinski definition) is 5. The number of fused-ring (bicyclic) bond motifs is 1. The number of aliphatic hydroxyl groups excluding tert-OH is 1. The van der Waals surface area contributed by atoms with Crippen molar-refractivity contribution < 1.29 is 14.6 Å². The fraction of sp³-hybridized carbons (Fsp3) is 0.632. The third-order valence-electron chi connectivity index (χ3n) is 5.41. The highest BCUT2D eigenvalue weighted by atomic mass is 16.5. The van der Waals surface area contributed by atoms with Gasteiger partial charge in [0.25, 0.3) is 0 Å². The minimum Gasteiger partial charge on any atom is -0.459 e. The van der Waals surface area contributed by atoms with Gasteiger partial charge >= 0.3 is 5.97 Å². The van der Waals surface area contributed by atoms with E-state index in [1.165, 1.54) is 0 Å². The van der Waals surface area contributed by atoms with E-state index in [-0.39, 0.29) is 24.6 Å². The molecule has 0 aromatic carbocycles. The van der Waals surface area contributed by atoms with Crippen LogP contribution in [0.2, 0.25) is 0 Å². The van der Waals surface area contributed by atoms with E-state index in [1.807, 2.05) is 44.4 Å². The Balaban J connectivity index is 1.66. The second-order valence-electron chi connectivity index (χ2n) is 7.74. The SMILES string of the molecule is Cc1cc(C)n2cc(COC(=O)C(C)(C)C3CCC(O)CC3)nc2n1. The summed E-state index contributed by atoms with van der Waals surface area (Å²) in [5.41, 5.74) is 2.11. The van der Waals surface area contributed by atoms with E-state index in [0.717, 1.165) is 37.1 Å². The molecule has 0 amide bonds. The second-order valence-corrected chi connectivity index (χ2v) is 7.74. The van der Waals surface area contributed by atoms with Gasteiger partial charge in [-0.3, -0.25) is 9.20 Å². The number of aromatic nitrogens is 3. The Labute approximate surface area is 148 Å². The smallest absolute Gasteiger partial charge is 0.312 e. The van der Waals surface area contributed by atoms with Crippen LogP contribution < -0.4 is 0 Å². The Morgan fingerprint density at radius 2 is 1.96 bits per heavy atom. The van der Waals surface area contributed by atoms with Crippen LogP contribution in [0, 0.1) is 25.2 Å². The van der Waals surface area contributed by atoms with E-state index < -0.39 is 5.41 Å². The standard InChI is InChI=1S/C19H27N3O3/c1-12-9-13(2)22-10-15(21-18(22)20-12)11-25-17(24)19(3,4)14-5-7-16(23)8-6-14/h9-10,14,16,23H,5-8,11H2,1-4H3. The maximum atomic E-state index is 12.6. The van der Waals surface area contributed by atoms with E-state index in [9.17, 15) is 9.90 Å².